The summed E-state index contributed by atoms with van der Waals surface area (Å²) < 4.78 is 5.33. The molecule has 0 aromatic rings. The molecule has 0 aliphatic carbocycles. The summed E-state index contributed by atoms with van der Waals surface area (Å²) in [6.07, 6.45) is 4.64. The maximum absolute atomic E-state index is 9.12. The molecular weight excluding hydrogens is 202 g/mol. The van der Waals surface area contributed by atoms with Gasteiger partial charge in [0.2, 0.25) is 0 Å². The zero-order valence-electron chi connectivity index (χ0n) is 10.8. The highest BCUT2D eigenvalue weighted by molar-refractivity contribution is 4.69. The summed E-state index contributed by atoms with van der Waals surface area (Å²) in [6.45, 7) is 8.58. The Morgan fingerprint density at radius 2 is 2.00 bits per heavy atom. The van der Waals surface area contributed by atoms with E-state index in [1.54, 1.807) is 0 Å². The smallest absolute Gasteiger partial charge is 0.0482 e. The van der Waals surface area contributed by atoms with Crippen LogP contribution in [0.4, 0.5) is 0 Å². The van der Waals surface area contributed by atoms with Crippen molar-refractivity contribution < 1.29 is 9.84 Å². The van der Waals surface area contributed by atoms with Gasteiger partial charge in [-0.3, -0.25) is 0 Å². The van der Waals surface area contributed by atoms with Crippen molar-refractivity contribution in [3.63, 3.8) is 0 Å². The van der Waals surface area contributed by atoms with E-state index in [1.807, 2.05) is 0 Å². The van der Waals surface area contributed by atoms with Crippen molar-refractivity contribution in [2.75, 3.05) is 32.9 Å². The molecule has 0 aromatic heterocycles. The van der Waals surface area contributed by atoms with E-state index in [1.165, 1.54) is 12.8 Å². The normalized spacial score (nSPS) is 18.9. The molecule has 1 aliphatic heterocycles. The minimum Gasteiger partial charge on any atom is -0.396 e. The van der Waals surface area contributed by atoms with Crippen molar-refractivity contribution in [1.29, 1.82) is 0 Å². The molecule has 1 fully saturated rings. The predicted octanol–water partition coefficient (Wildman–Crippen LogP) is 1.80. The fourth-order valence-corrected chi connectivity index (χ4v) is 2.03. The Morgan fingerprint density at radius 3 is 2.62 bits per heavy atom. The summed E-state index contributed by atoms with van der Waals surface area (Å²) >= 11 is 0. The Balaban J connectivity index is 1.95. The third kappa shape index (κ3) is 5.83. The molecular formula is C13H27NO2. The van der Waals surface area contributed by atoms with Crippen LogP contribution in [0.15, 0.2) is 0 Å². The van der Waals surface area contributed by atoms with Gasteiger partial charge in [0.25, 0.3) is 0 Å². The third-order valence-electron chi connectivity index (χ3n) is 3.41. The van der Waals surface area contributed by atoms with E-state index in [0.717, 1.165) is 45.1 Å². The van der Waals surface area contributed by atoms with Gasteiger partial charge in [-0.25, -0.2) is 0 Å². The Kier molecular flexibility index (Phi) is 6.32. The van der Waals surface area contributed by atoms with E-state index in [0.29, 0.717) is 0 Å². The van der Waals surface area contributed by atoms with Gasteiger partial charge in [-0.2, -0.15) is 0 Å². The number of aliphatic hydroxyl groups is 1. The van der Waals surface area contributed by atoms with Gasteiger partial charge in [0.1, 0.15) is 0 Å². The average molecular weight is 229 g/mol. The first kappa shape index (κ1) is 13.9. The quantitative estimate of drug-likeness (QED) is 0.654. The summed E-state index contributed by atoms with van der Waals surface area (Å²) in [5.74, 6) is 0.805. The van der Waals surface area contributed by atoms with E-state index in [9.17, 15) is 0 Å². The van der Waals surface area contributed by atoms with Gasteiger partial charge in [-0.1, -0.05) is 13.8 Å². The minimum absolute atomic E-state index is 0.0837. The highest BCUT2D eigenvalue weighted by atomic mass is 16.5. The first-order chi connectivity index (χ1) is 7.64. The molecule has 0 bridgehead atoms. The van der Waals surface area contributed by atoms with Crippen LogP contribution in [-0.4, -0.2) is 38.0 Å². The highest BCUT2D eigenvalue weighted by Crippen LogP contribution is 2.20. The largest absolute Gasteiger partial charge is 0.396 e. The summed E-state index contributed by atoms with van der Waals surface area (Å²) in [4.78, 5) is 0. The molecule has 0 spiro atoms. The van der Waals surface area contributed by atoms with Crippen LogP contribution in [0.2, 0.25) is 0 Å². The molecule has 96 valence electrons. The number of nitrogens with one attached hydrogen (secondary N) is 1. The van der Waals surface area contributed by atoms with Crippen molar-refractivity contribution in [3.05, 3.63) is 0 Å². The SMILES string of the molecule is CC(C)(CO)CCCNCC1CCOCC1. The maximum atomic E-state index is 9.12. The fourth-order valence-electron chi connectivity index (χ4n) is 2.03. The molecule has 3 nitrogen and oxygen atoms in total. The molecule has 2 N–H and O–H groups in total. The van der Waals surface area contributed by atoms with Crippen LogP contribution in [0.1, 0.15) is 39.5 Å². The van der Waals surface area contributed by atoms with Gasteiger partial charge in [0.05, 0.1) is 0 Å². The van der Waals surface area contributed by atoms with Gasteiger partial charge in [-0.15, -0.1) is 0 Å². The van der Waals surface area contributed by atoms with Crippen LogP contribution in [0.5, 0.6) is 0 Å². The lowest BCUT2D eigenvalue weighted by Crippen LogP contribution is -2.29. The number of rotatable bonds is 7. The lowest BCUT2D eigenvalue weighted by atomic mass is 9.89. The van der Waals surface area contributed by atoms with Crippen LogP contribution >= 0.6 is 0 Å². The summed E-state index contributed by atoms with van der Waals surface area (Å²) in [6, 6.07) is 0. The molecule has 1 aliphatic rings. The van der Waals surface area contributed by atoms with Gasteiger partial charge in [0, 0.05) is 19.8 Å². The first-order valence-electron chi connectivity index (χ1n) is 6.53. The zero-order valence-corrected chi connectivity index (χ0v) is 10.8. The van der Waals surface area contributed by atoms with Crippen molar-refractivity contribution in [2.45, 2.75) is 39.5 Å². The molecule has 1 rings (SSSR count). The van der Waals surface area contributed by atoms with Crippen LogP contribution < -0.4 is 5.32 Å². The van der Waals surface area contributed by atoms with Crippen LogP contribution in [0.25, 0.3) is 0 Å². The molecule has 0 aromatic carbocycles. The van der Waals surface area contributed by atoms with E-state index >= 15 is 0 Å². The van der Waals surface area contributed by atoms with Gasteiger partial charge in [0.15, 0.2) is 0 Å². The average Bonchev–Trinajstić information content (AvgIpc) is 2.30. The summed E-state index contributed by atoms with van der Waals surface area (Å²) in [5, 5.41) is 12.6. The number of hydrogen-bond acceptors (Lipinski definition) is 3. The monoisotopic (exact) mass is 229 g/mol. The van der Waals surface area contributed by atoms with Crippen LogP contribution in [0.3, 0.4) is 0 Å². The van der Waals surface area contributed by atoms with Crippen molar-refractivity contribution in [1.82, 2.24) is 5.32 Å². The van der Waals surface area contributed by atoms with Crippen molar-refractivity contribution in [3.8, 4) is 0 Å². The Hall–Kier alpha value is -0.120. The Bertz CT molecular complexity index is 177. The Labute approximate surface area is 99.6 Å². The molecule has 0 radical (unpaired) electrons. The summed E-state index contributed by atoms with van der Waals surface area (Å²) in [5.41, 5.74) is 0.0837. The second-order valence-electron chi connectivity index (χ2n) is 5.69. The topological polar surface area (TPSA) is 41.5 Å². The second-order valence-corrected chi connectivity index (χ2v) is 5.69. The Morgan fingerprint density at radius 1 is 1.31 bits per heavy atom. The van der Waals surface area contributed by atoms with Crippen LogP contribution in [0, 0.1) is 11.3 Å². The van der Waals surface area contributed by atoms with Crippen molar-refractivity contribution in [2.24, 2.45) is 11.3 Å². The van der Waals surface area contributed by atoms with E-state index in [4.69, 9.17) is 9.84 Å². The number of ether oxygens (including phenoxy) is 1. The van der Waals surface area contributed by atoms with Crippen molar-refractivity contribution >= 4 is 0 Å². The van der Waals surface area contributed by atoms with Gasteiger partial charge < -0.3 is 15.2 Å². The lowest BCUT2D eigenvalue weighted by Gasteiger charge is -2.23. The van der Waals surface area contributed by atoms with Gasteiger partial charge >= 0.3 is 0 Å². The zero-order chi connectivity index (χ0) is 11.9. The molecule has 3 heteroatoms. The molecule has 1 heterocycles. The van der Waals surface area contributed by atoms with E-state index < -0.39 is 0 Å². The fraction of sp³-hybridized carbons (Fsp3) is 1.00. The standard InChI is InChI=1S/C13H27NO2/c1-13(2,11-15)6-3-7-14-10-12-4-8-16-9-5-12/h12,14-15H,3-11H2,1-2H3. The molecule has 0 atom stereocenters. The van der Waals surface area contributed by atoms with E-state index in [-0.39, 0.29) is 12.0 Å². The molecule has 0 unspecified atom stereocenters. The summed E-state index contributed by atoms with van der Waals surface area (Å²) in [7, 11) is 0. The molecule has 0 amide bonds. The van der Waals surface area contributed by atoms with E-state index in [2.05, 4.69) is 19.2 Å². The number of hydrogen-bond donors (Lipinski definition) is 2. The van der Waals surface area contributed by atoms with Gasteiger partial charge in [-0.05, 0) is 50.1 Å². The maximum Gasteiger partial charge on any atom is 0.0482 e. The number of aliphatic hydroxyl groups excluding tert-OH is 1. The minimum atomic E-state index is 0.0837. The predicted molar refractivity (Wildman–Crippen MR) is 66.5 cm³/mol. The third-order valence-corrected chi connectivity index (χ3v) is 3.41. The first-order valence-corrected chi connectivity index (χ1v) is 6.53. The molecule has 1 saturated heterocycles. The highest BCUT2D eigenvalue weighted by Gasteiger charge is 2.16. The van der Waals surface area contributed by atoms with Crippen LogP contribution in [-0.2, 0) is 4.74 Å². The lowest BCUT2D eigenvalue weighted by molar-refractivity contribution is 0.0662. The second kappa shape index (κ2) is 7.25. The molecule has 16 heavy (non-hydrogen) atoms. The molecule has 0 saturated carbocycles.